The van der Waals surface area contributed by atoms with Gasteiger partial charge in [-0.3, -0.25) is 19.3 Å². The molecule has 0 aromatic heterocycles. The number of hydrogen-bond donors (Lipinski definition) is 3. The zero-order valence-electron chi connectivity index (χ0n) is 32.5. The van der Waals surface area contributed by atoms with Gasteiger partial charge in [0.25, 0.3) is 0 Å². The van der Waals surface area contributed by atoms with E-state index >= 15 is 0 Å². The number of likely N-dealkylation sites (tertiary alicyclic amines) is 1. The van der Waals surface area contributed by atoms with E-state index in [0.717, 1.165) is 68.1 Å². The van der Waals surface area contributed by atoms with Crippen molar-refractivity contribution in [3.05, 3.63) is 59.7 Å². The summed E-state index contributed by atoms with van der Waals surface area (Å²) in [6.45, 7) is 12.5. The first kappa shape index (κ1) is 43.6. The highest BCUT2D eigenvalue weighted by atomic mass is 32.2. The van der Waals surface area contributed by atoms with Gasteiger partial charge in [0, 0.05) is 24.9 Å². The van der Waals surface area contributed by atoms with Gasteiger partial charge in [-0.15, -0.1) is 4.52 Å². The number of piperidine rings is 1. The van der Waals surface area contributed by atoms with Crippen LogP contribution in [0.25, 0.3) is 0 Å². The van der Waals surface area contributed by atoms with Crippen molar-refractivity contribution in [1.82, 2.24) is 15.1 Å². The van der Waals surface area contributed by atoms with E-state index in [9.17, 15) is 24.3 Å². The van der Waals surface area contributed by atoms with Crippen LogP contribution in [0.4, 0.5) is 10.5 Å². The first-order valence-corrected chi connectivity index (χ1v) is 19.9. The summed E-state index contributed by atoms with van der Waals surface area (Å²) < 4.78 is 9.66. The lowest BCUT2D eigenvalue weighted by molar-refractivity contribution is -0.143. The number of nitrogens with zero attached hydrogens (tertiary/aromatic N) is 4. The van der Waals surface area contributed by atoms with Crippen molar-refractivity contribution in [2.24, 2.45) is 21.5 Å². The highest BCUT2D eigenvalue weighted by Crippen LogP contribution is 2.30. The molecule has 2 aromatic carbocycles. The van der Waals surface area contributed by atoms with Crippen molar-refractivity contribution in [2.45, 2.75) is 123 Å². The largest absolute Gasteiger partial charge is 0.424 e. The predicted octanol–water partition coefficient (Wildman–Crippen LogP) is 7.54. The number of hydrogen-bond acceptors (Lipinski definition) is 9. The lowest BCUT2D eigenvalue weighted by Crippen LogP contribution is -2.60. The molecule has 0 spiro atoms. The summed E-state index contributed by atoms with van der Waals surface area (Å²) >= 11 is 0.919. The second-order valence-corrected chi connectivity index (χ2v) is 15.4. The molecule has 2 aromatic rings. The molecule has 1 aliphatic rings. The molecule has 0 radical (unpaired) electrons. The summed E-state index contributed by atoms with van der Waals surface area (Å²) in [5.74, 6) is -0.851. The SMILES string of the molecule is CCCCCC(=O)Oc1ccc(C)cc1NC(=O)N=NSC(CO)[C@H](C(C)C)N(Cc1ccccc1)C(=O)[C@@H](NC(=O)C1CCCCN1C)[C@H](C)CC. The number of urea groups is 1. The van der Waals surface area contributed by atoms with E-state index < -0.39 is 23.4 Å². The molecule has 3 rings (SSSR count). The second kappa shape index (κ2) is 22.4. The lowest BCUT2D eigenvalue weighted by atomic mass is 9.92. The molecule has 13 heteroatoms. The quantitative estimate of drug-likeness (QED) is 0.0438. The Hall–Kier alpha value is -3.81. The third kappa shape index (κ3) is 13.5. The van der Waals surface area contributed by atoms with Crippen LogP contribution in [0.5, 0.6) is 5.75 Å². The Kier molecular flexibility index (Phi) is 18.4. The maximum Gasteiger partial charge on any atom is 0.364 e. The topological polar surface area (TPSA) is 153 Å². The number of carbonyl (C=O) groups excluding carboxylic acids is 4. The number of aliphatic hydroxyl groups is 1. The molecule has 5 atom stereocenters. The van der Waals surface area contributed by atoms with Gasteiger partial charge in [0.15, 0.2) is 5.75 Å². The van der Waals surface area contributed by atoms with Crippen molar-refractivity contribution >= 4 is 41.5 Å². The molecule has 292 valence electrons. The highest BCUT2D eigenvalue weighted by molar-refractivity contribution is 7.98. The standard InChI is InChI=1S/C40H60N6O6S/c1-8-10-12-20-35(48)52-33-22-21-28(5)24-31(33)41-40(51)43-44-53-34(26-47)37(27(3)4)46(25-30-17-13-11-14-18-30)39(50)36(29(6)9-2)42-38(49)32-19-15-16-23-45(32)7/h11,13-14,17-18,21-22,24,27,29,32,34,36-37,47H,8-10,12,15-16,19-20,23,25-26H2,1-7H3,(H,41,51)(H,42,49)/t29-,32?,34?,36+,37+/m1/s1. The molecule has 0 saturated carbocycles. The summed E-state index contributed by atoms with van der Waals surface area (Å²) in [6, 6.07) is 12.3. The average Bonchev–Trinajstić information content (AvgIpc) is 3.13. The summed E-state index contributed by atoms with van der Waals surface area (Å²) in [6.07, 6.45) is 6.30. The maximum absolute atomic E-state index is 14.8. The molecule has 0 bridgehead atoms. The molecule has 53 heavy (non-hydrogen) atoms. The van der Waals surface area contributed by atoms with Gasteiger partial charge < -0.3 is 25.4 Å². The Morgan fingerprint density at radius 3 is 2.43 bits per heavy atom. The minimum atomic E-state index is -0.784. The highest BCUT2D eigenvalue weighted by Gasteiger charge is 2.40. The fraction of sp³-hybridized carbons (Fsp3) is 0.600. The zero-order valence-corrected chi connectivity index (χ0v) is 33.4. The Bertz CT molecular complexity index is 1510. The molecule has 2 unspecified atom stereocenters. The molecular weight excluding hydrogens is 693 g/mol. The van der Waals surface area contributed by atoms with Crippen molar-refractivity contribution in [2.75, 3.05) is 25.5 Å². The number of carbonyl (C=O) groups is 4. The van der Waals surface area contributed by atoms with Gasteiger partial charge in [-0.05, 0) is 74.9 Å². The number of rotatable bonds is 19. The predicted molar refractivity (Wildman–Crippen MR) is 211 cm³/mol. The van der Waals surface area contributed by atoms with E-state index in [-0.39, 0.29) is 61.0 Å². The Balaban J connectivity index is 1.85. The van der Waals surface area contributed by atoms with Crippen LogP contribution in [0.3, 0.4) is 0 Å². The van der Waals surface area contributed by atoms with Crippen molar-refractivity contribution in [1.29, 1.82) is 0 Å². The number of anilines is 1. The Morgan fingerprint density at radius 1 is 1.06 bits per heavy atom. The Labute approximate surface area is 320 Å². The molecule has 1 heterocycles. The van der Waals surface area contributed by atoms with E-state index in [1.165, 1.54) is 0 Å². The first-order valence-electron chi connectivity index (χ1n) is 19.0. The number of aliphatic hydroxyl groups excluding tert-OH is 1. The maximum atomic E-state index is 14.8. The van der Waals surface area contributed by atoms with Crippen LogP contribution in [0.2, 0.25) is 0 Å². The van der Waals surface area contributed by atoms with Crippen molar-refractivity contribution in [3.8, 4) is 5.75 Å². The van der Waals surface area contributed by atoms with E-state index in [4.69, 9.17) is 4.74 Å². The molecule has 1 saturated heterocycles. The minimum absolute atomic E-state index is 0.143. The Morgan fingerprint density at radius 2 is 1.79 bits per heavy atom. The van der Waals surface area contributed by atoms with Crippen LogP contribution >= 0.6 is 11.9 Å². The normalized spacial score (nSPS) is 17.2. The van der Waals surface area contributed by atoms with Gasteiger partial charge in [-0.25, -0.2) is 4.79 Å². The van der Waals surface area contributed by atoms with Crippen LogP contribution in [0, 0.1) is 18.8 Å². The molecule has 4 amide bonds. The van der Waals surface area contributed by atoms with Gasteiger partial charge in [-0.1, -0.05) is 102 Å². The molecule has 12 nitrogen and oxygen atoms in total. The zero-order chi connectivity index (χ0) is 38.9. The van der Waals surface area contributed by atoms with E-state index in [2.05, 4.69) is 32.1 Å². The van der Waals surface area contributed by atoms with Crippen LogP contribution in [0.15, 0.2) is 58.2 Å². The van der Waals surface area contributed by atoms with Gasteiger partial charge >= 0.3 is 12.0 Å². The monoisotopic (exact) mass is 752 g/mol. The number of nitrogens with one attached hydrogen (secondary N) is 2. The number of benzene rings is 2. The van der Waals surface area contributed by atoms with Crippen LogP contribution in [-0.4, -0.2) is 82.3 Å². The van der Waals surface area contributed by atoms with Gasteiger partial charge in [0.2, 0.25) is 11.8 Å². The molecule has 1 aliphatic heterocycles. The summed E-state index contributed by atoms with van der Waals surface area (Å²) in [5, 5.41) is 19.7. The van der Waals surface area contributed by atoms with E-state index in [0.29, 0.717) is 12.1 Å². The van der Waals surface area contributed by atoms with Crippen molar-refractivity contribution < 1.29 is 29.0 Å². The van der Waals surface area contributed by atoms with Gasteiger partial charge in [-0.2, -0.15) is 0 Å². The third-order valence-corrected chi connectivity index (χ3v) is 10.7. The van der Waals surface area contributed by atoms with E-state index in [1.807, 2.05) is 72.0 Å². The van der Waals surface area contributed by atoms with Crippen molar-refractivity contribution in [3.63, 3.8) is 0 Å². The number of aryl methyl sites for hydroxylation is 1. The lowest BCUT2D eigenvalue weighted by Gasteiger charge is -2.41. The number of amides is 4. The van der Waals surface area contributed by atoms with E-state index in [1.54, 1.807) is 23.1 Å². The van der Waals surface area contributed by atoms with Crippen LogP contribution in [-0.2, 0) is 20.9 Å². The second-order valence-electron chi connectivity index (χ2n) is 14.4. The fourth-order valence-electron chi connectivity index (χ4n) is 6.61. The molecule has 1 fully saturated rings. The summed E-state index contributed by atoms with van der Waals surface area (Å²) in [7, 11) is 1.95. The van der Waals surface area contributed by atoms with Crippen LogP contribution < -0.4 is 15.4 Å². The van der Waals surface area contributed by atoms with Gasteiger partial charge in [0.05, 0.1) is 29.6 Å². The average molecular weight is 753 g/mol. The molecular formula is C40H60N6O6S. The van der Waals surface area contributed by atoms with Crippen LogP contribution in [0.1, 0.15) is 97.1 Å². The first-order chi connectivity index (χ1) is 25.4. The molecule has 0 aliphatic carbocycles. The third-order valence-electron chi connectivity index (χ3n) is 9.83. The molecule has 3 N–H and O–H groups in total. The van der Waals surface area contributed by atoms with Gasteiger partial charge in [0.1, 0.15) is 6.04 Å². The number of esters is 1. The summed E-state index contributed by atoms with van der Waals surface area (Å²) in [5.41, 5.74) is 2.03. The number of unbranched alkanes of at least 4 members (excludes halogenated alkanes) is 2. The number of ether oxygens (including phenoxy) is 1. The summed E-state index contributed by atoms with van der Waals surface area (Å²) in [4.78, 5) is 57.6. The fourth-order valence-corrected chi connectivity index (χ4v) is 7.50. The number of likely N-dealkylation sites (N-methyl/N-ethyl adjacent to an activating group) is 1. The smallest absolute Gasteiger partial charge is 0.364 e. The minimum Gasteiger partial charge on any atom is -0.424 e.